The molecule has 1 aromatic heterocycles. The maximum absolute atomic E-state index is 13.2. The van der Waals surface area contributed by atoms with Crippen molar-refractivity contribution in [3.05, 3.63) is 76.1 Å². The zero-order valence-electron chi connectivity index (χ0n) is 16.2. The van der Waals surface area contributed by atoms with Gasteiger partial charge in [0.1, 0.15) is 11.6 Å². The average molecular weight is 394 g/mol. The molecule has 0 aliphatic heterocycles. The van der Waals surface area contributed by atoms with Crippen molar-refractivity contribution in [1.29, 1.82) is 0 Å². The Morgan fingerprint density at radius 1 is 1.21 bits per heavy atom. The van der Waals surface area contributed by atoms with E-state index in [2.05, 4.69) is 15.3 Å². The molecule has 1 saturated carbocycles. The fourth-order valence-corrected chi connectivity index (χ4v) is 3.60. The molecule has 150 valence electrons. The molecule has 6 nitrogen and oxygen atoms in total. The maximum atomic E-state index is 13.2. The SMILES string of the molecule is CCN(Cc1nc2ccccc2c(=O)[nH]1)C(=O)NCC1(c2ccc(F)cc2)CC1. The second-order valence-corrected chi connectivity index (χ2v) is 7.49. The van der Waals surface area contributed by atoms with Crippen LogP contribution in [0.3, 0.4) is 0 Å². The van der Waals surface area contributed by atoms with Crippen molar-refractivity contribution >= 4 is 16.9 Å². The van der Waals surface area contributed by atoms with Crippen LogP contribution < -0.4 is 10.9 Å². The molecule has 0 radical (unpaired) electrons. The number of fused-ring (bicyclic) bond motifs is 1. The topological polar surface area (TPSA) is 78.1 Å². The molecular formula is C22H23FN4O2. The van der Waals surface area contributed by atoms with Crippen molar-refractivity contribution in [2.24, 2.45) is 0 Å². The summed E-state index contributed by atoms with van der Waals surface area (Å²) >= 11 is 0. The zero-order chi connectivity index (χ0) is 20.4. The molecule has 1 fully saturated rings. The van der Waals surface area contributed by atoms with E-state index in [-0.39, 0.29) is 29.4 Å². The number of carbonyl (C=O) groups is 1. The Labute approximate surface area is 167 Å². The van der Waals surface area contributed by atoms with E-state index in [1.54, 1.807) is 35.2 Å². The number of nitrogens with one attached hydrogen (secondary N) is 2. The minimum Gasteiger partial charge on any atom is -0.337 e. The lowest BCUT2D eigenvalue weighted by Gasteiger charge is -2.23. The minimum atomic E-state index is -0.261. The van der Waals surface area contributed by atoms with Gasteiger partial charge >= 0.3 is 6.03 Å². The lowest BCUT2D eigenvalue weighted by atomic mass is 9.96. The standard InChI is InChI=1S/C22H23FN4O2/c1-2-27(13-19-25-18-6-4-3-5-17(18)20(28)26-19)21(29)24-14-22(11-12-22)15-7-9-16(23)10-8-15/h3-10H,2,11-14H2,1H3,(H,24,29)(H,25,26,28). The van der Waals surface area contributed by atoms with E-state index < -0.39 is 0 Å². The number of halogens is 1. The summed E-state index contributed by atoms with van der Waals surface area (Å²) in [6, 6.07) is 13.4. The first-order chi connectivity index (χ1) is 14.0. The summed E-state index contributed by atoms with van der Waals surface area (Å²) in [5, 5.41) is 3.52. The zero-order valence-corrected chi connectivity index (χ0v) is 16.2. The predicted octanol–water partition coefficient (Wildman–Crippen LogP) is 3.33. The van der Waals surface area contributed by atoms with E-state index >= 15 is 0 Å². The first-order valence-electron chi connectivity index (χ1n) is 9.77. The highest BCUT2D eigenvalue weighted by Gasteiger charge is 2.44. The summed E-state index contributed by atoms with van der Waals surface area (Å²) in [5.41, 5.74) is 1.33. The Balaban J connectivity index is 1.44. The fraction of sp³-hybridized carbons (Fsp3) is 0.318. The van der Waals surface area contributed by atoms with Gasteiger partial charge in [-0.2, -0.15) is 0 Å². The second kappa shape index (κ2) is 7.66. The van der Waals surface area contributed by atoms with Crippen LogP contribution in [0.4, 0.5) is 9.18 Å². The van der Waals surface area contributed by atoms with Gasteiger partial charge in [0, 0.05) is 18.5 Å². The largest absolute Gasteiger partial charge is 0.337 e. The van der Waals surface area contributed by atoms with Crippen molar-refractivity contribution in [2.45, 2.75) is 31.7 Å². The van der Waals surface area contributed by atoms with Crippen LogP contribution in [0.5, 0.6) is 0 Å². The first-order valence-corrected chi connectivity index (χ1v) is 9.77. The van der Waals surface area contributed by atoms with Gasteiger partial charge in [0.15, 0.2) is 0 Å². The summed E-state index contributed by atoms with van der Waals surface area (Å²) in [6.07, 6.45) is 1.93. The number of aromatic nitrogens is 2. The molecule has 2 amide bonds. The third-order valence-electron chi connectivity index (χ3n) is 5.56. The van der Waals surface area contributed by atoms with Crippen molar-refractivity contribution < 1.29 is 9.18 Å². The third-order valence-corrected chi connectivity index (χ3v) is 5.56. The number of para-hydroxylation sites is 1. The maximum Gasteiger partial charge on any atom is 0.317 e. The van der Waals surface area contributed by atoms with E-state index in [9.17, 15) is 14.0 Å². The number of urea groups is 1. The Morgan fingerprint density at radius 3 is 2.62 bits per heavy atom. The van der Waals surface area contributed by atoms with Gasteiger partial charge in [-0.3, -0.25) is 4.79 Å². The molecule has 7 heteroatoms. The lowest BCUT2D eigenvalue weighted by molar-refractivity contribution is 0.195. The number of nitrogens with zero attached hydrogens (tertiary/aromatic N) is 2. The summed E-state index contributed by atoms with van der Waals surface area (Å²) in [7, 11) is 0. The van der Waals surface area contributed by atoms with Crippen LogP contribution in [0.1, 0.15) is 31.2 Å². The number of benzene rings is 2. The van der Waals surface area contributed by atoms with Gasteiger partial charge in [0.2, 0.25) is 0 Å². The monoisotopic (exact) mass is 394 g/mol. The Kier molecular flexibility index (Phi) is 5.05. The minimum absolute atomic E-state index is 0.113. The average Bonchev–Trinajstić information content (AvgIpc) is 3.52. The van der Waals surface area contributed by atoms with Crippen LogP contribution in [0.15, 0.2) is 53.3 Å². The lowest BCUT2D eigenvalue weighted by Crippen LogP contribution is -2.43. The fourth-order valence-electron chi connectivity index (χ4n) is 3.60. The first kappa shape index (κ1) is 19.1. The summed E-state index contributed by atoms with van der Waals surface area (Å²) in [4.78, 5) is 33.8. The molecule has 2 N–H and O–H groups in total. The van der Waals surface area contributed by atoms with E-state index in [0.29, 0.717) is 29.8 Å². The van der Waals surface area contributed by atoms with Gasteiger partial charge in [-0.15, -0.1) is 0 Å². The van der Waals surface area contributed by atoms with Crippen LogP contribution in [0.2, 0.25) is 0 Å². The quantitative estimate of drug-likeness (QED) is 0.673. The van der Waals surface area contributed by atoms with Crippen molar-refractivity contribution in [1.82, 2.24) is 20.2 Å². The molecule has 0 unspecified atom stereocenters. The van der Waals surface area contributed by atoms with E-state index in [1.165, 1.54) is 12.1 Å². The van der Waals surface area contributed by atoms with Crippen LogP contribution in [-0.4, -0.2) is 34.0 Å². The van der Waals surface area contributed by atoms with Gasteiger partial charge in [-0.25, -0.2) is 14.2 Å². The highest BCUT2D eigenvalue weighted by atomic mass is 19.1. The molecule has 2 aromatic carbocycles. The Hall–Kier alpha value is -3.22. The molecule has 1 heterocycles. The highest BCUT2D eigenvalue weighted by Crippen LogP contribution is 2.47. The number of hydrogen-bond donors (Lipinski definition) is 2. The summed E-state index contributed by atoms with van der Waals surface area (Å²) in [5.74, 6) is 0.188. The smallest absolute Gasteiger partial charge is 0.317 e. The van der Waals surface area contributed by atoms with E-state index in [0.717, 1.165) is 18.4 Å². The van der Waals surface area contributed by atoms with Crippen molar-refractivity contribution in [3.63, 3.8) is 0 Å². The number of amides is 2. The number of aromatic amines is 1. The van der Waals surface area contributed by atoms with Crippen LogP contribution in [0.25, 0.3) is 10.9 Å². The predicted molar refractivity (Wildman–Crippen MR) is 109 cm³/mol. The van der Waals surface area contributed by atoms with Gasteiger partial charge in [-0.1, -0.05) is 24.3 Å². The molecule has 1 aliphatic carbocycles. The second-order valence-electron chi connectivity index (χ2n) is 7.49. The van der Waals surface area contributed by atoms with Gasteiger partial charge in [0.25, 0.3) is 5.56 Å². The Bertz CT molecular complexity index is 1090. The number of hydrogen-bond acceptors (Lipinski definition) is 3. The molecular weight excluding hydrogens is 371 g/mol. The number of carbonyl (C=O) groups excluding carboxylic acids is 1. The van der Waals surface area contributed by atoms with Crippen LogP contribution >= 0.6 is 0 Å². The molecule has 0 bridgehead atoms. The molecule has 0 saturated heterocycles. The van der Waals surface area contributed by atoms with Gasteiger partial charge < -0.3 is 15.2 Å². The molecule has 4 rings (SSSR count). The van der Waals surface area contributed by atoms with E-state index in [1.807, 2.05) is 13.0 Å². The number of rotatable bonds is 6. The third kappa shape index (κ3) is 3.99. The number of H-pyrrole nitrogens is 1. The summed E-state index contributed by atoms with van der Waals surface area (Å²) in [6.45, 7) is 3.07. The van der Waals surface area contributed by atoms with Gasteiger partial charge in [0.05, 0.1) is 17.4 Å². The highest BCUT2D eigenvalue weighted by molar-refractivity contribution is 5.77. The molecule has 0 spiro atoms. The van der Waals surface area contributed by atoms with Crippen molar-refractivity contribution in [3.8, 4) is 0 Å². The van der Waals surface area contributed by atoms with Crippen LogP contribution in [0, 0.1) is 5.82 Å². The molecule has 1 aliphatic rings. The van der Waals surface area contributed by atoms with E-state index in [4.69, 9.17) is 0 Å². The van der Waals surface area contributed by atoms with Gasteiger partial charge in [-0.05, 0) is 49.6 Å². The molecule has 0 atom stereocenters. The molecule has 29 heavy (non-hydrogen) atoms. The summed E-state index contributed by atoms with van der Waals surface area (Å²) < 4.78 is 13.2. The van der Waals surface area contributed by atoms with Crippen molar-refractivity contribution in [2.75, 3.05) is 13.1 Å². The Morgan fingerprint density at radius 2 is 1.93 bits per heavy atom. The normalized spacial score (nSPS) is 14.6. The molecule has 3 aromatic rings. The van der Waals surface area contributed by atoms with Crippen LogP contribution in [-0.2, 0) is 12.0 Å².